The molecule has 0 saturated carbocycles. The summed E-state index contributed by atoms with van der Waals surface area (Å²) in [7, 11) is 3.70. The summed E-state index contributed by atoms with van der Waals surface area (Å²) >= 11 is 0. The molecule has 55 heavy (non-hydrogen) atoms. The first kappa shape index (κ1) is 32.7. The van der Waals surface area contributed by atoms with Crippen molar-refractivity contribution in [3.63, 3.8) is 0 Å². The highest BCUT2D eigenvalue weighted by Crippen LogP contribution is 2.62. The average molecular weight is 712 g/mol. The third kappa shape index (κ3) is 5.02. The monoisotopic (exact) mass is 711 g/mol. The van der Waals surface area contributed by atoms with Crippen LogP contribution in [-0.2, 0) is 19.5 Å². The molecular formula is C49H37N5O. The number of rotatable bonds is 6. The van der Waals surface area contributed by atoms with E-state index >= 15 is 0 Å². The Morgan fingerprint density at radius 2 is 1.13 bits per heavy atom. The predicted molar refractivity (Wildman–Crippen MR) is 220 cm³/mol. The number of benzene rings is 6. The van der Waals surface area contributed by atoms with Crippen LogP contribution in [0, 0.1) is 5.92 Å². The lowest BCUT2D eigenvalue weighted by Gasteiger charge is -2.39. The lowest BCUT2D eigenvalue weighted by atomic mass is 9.62. The van der Waals surface area contributed by atoms with Crippen LogP contribution >= 0.6 is 0 Å². The van der Waals surface area contributed by atoms with Crippen LogP contribution in [0.15, 0.2) is 181 Å². The molecule has 2 aromatic heterocycles. The topological polar surface area (TPSA) is 65.6 Å². The van der Waals surface area contributed by atoms with Crippen molar-refractivity contribution in [2.45, 2.75) is 11.3 Å². The van der Waals surface area contributed by atoms with Gasteiger partial charge in [-0.3, -0.25) is 9.13 Å². The smallest absolute Gasteiger partial charge is 0.295 e. The van der Waals surface area contributed by atoms with Gasteiger partial charge in [-0.15, -0.1) is 0 Å². The molecule has 6 aromatic carbocycles. The number of para-hydroxylation sites is 1. The second kappa shape index (κ2) is 12.9. The number of imidazole rings is 1. The fraction of sp³-hybridized carbons (Fsp3) is 0.102. The Morgan fingerprint density at radius 1 is 0.564 bits per heavy atom. The molecule has 0 N–H and O–H groups in total. The predicted octanol–water partition coefficient (Wildman–Crippen LogP) is 9.76. The van der Waals surface area contributed by atoms with Crippen molar-refractivity contribution < 1.29 is 0 Å². The molecule has 2 heterocycles. The largest absolute Gasteiger partial charge is 0.328 e. The van der Waals surface area contributed by atoms with Crippen molar-refractivity contribution in [3.05, 3.63) is 215 Å². The molecule has 0 fully saturated rings. The van der Waals surface area contributed by atoms with Crippen LogP contribution in [0.5, 0.6) is 0 Å². The van der Waals surface area contributed by atoms with E-state index in [1.54, 1.807) is 9.13 Å². The third-order valence-electron chi connectivity index (χ3n) is 11.6. The van der Waals surface area contributed by atoms with Gasteiger partial charge < -0.3 is 0 Å². The van der Waals surface area contributed by atoms with E-state index in [4.69, 9.17) is 15.0 Å². The van der Waals surface area contributed by atoms with Gasteiger partial charge in [0.15, 0.2) is 17.5 Å². The van der Waals surface area contributed by atoms with Crippen LogP contribution < -0.4 is 5.69 Å². The summed E-state index contributed by atoms with van der Waals surface area (Å²) < 4.78 is 3.49. The molecular weight excluding hydrogens is 675 g/mol. The SMILES string of the molecule is Cn1c(=O)n(C)c2c(-c3ccc4c(c3)C(c3ccccc3)(c3ccccc3)C3C=CC=C(c5nc(-c6ccccc6)nc(-c6ccccc6)n5)C43)cccc21. The number of aryl methyl sites for hydroxylation is 2. The van der Waals surface area contributed by atoms with Crippen molar-refractivity contribution in [2.75, 3.05) is 0 Å². The third-order valence-corrected chi connectivity index (χ3v) is 11.6. The number of hydrogen-bond donors (Lipinski definition) is 0. The van der Waals surface area contributed by atoms with Crippen LogP contribution in [-0.4, -0.2) is 24.1 Å². The van der Waals surface area contributed by atoms with Crippen molar-refractivity contribution in [1.82, 2.24) is 24.1 Å². The highest BCUT2D eigenvalue weighted by atomic mass is 16.1. The Kier molecular flexibility index (Phi) is 7.66. The van der Waals surface area contributed by atoms with Crippen molar-refractivity contribution in [1.29, 1.82) is 0 Å². The molecule has 0 radical (unpaired) electrons. The average Bonchev–Trinajstić information content (AvgIpc) is 3.68. The second-order valence-corrected chi connectivity index (χ2v) is 14.5. The first-order valence-electron chi connectivity index (χ1n) is 18.7. The fourth-order valence-corrected chi connectivity index (χ4v) is 9.19. The van der Waals surface area contributed by atoms with Gasteiger partial charge in [-0.1, -0.05) is 164 Å². The maximum Gasteiger partial charge on any atom is 0.328 e. The van der Waals surface area contributed by atoms with E-state index in [1.165, 1.54) is 22.3 Å². The molecule has 0 spiro atoms. The zero-order chi connectivity index (χ0) is 37.1. The van der Waals surface area contributed by atoms with E-state index in [2.05, 4.69) is 127 Å². The van der Waals surface area contributed by atoms with Crippen LogP contribution in [0.1, 0.15) is 34.0 Å². The normalized spacial score (nSPS) is 16.8. The quantitative estimate of drug-likeness (QED) is 0.172. The van der Waals surface area contributed by atoms with E-state index in [0.717, 1.165) is 38.9 Å². The summed E-state index contributed by atoms with van der Waals surface area (Å²) in [5.41, 5.74) is 11.1. The van der Waals surface area contributed by atoms with Crippen molar-refractivity contribution in [2.24, 2.45) is 20.0 Å². The van der Waals surface area contributed by atoms with E-state index in [9.17, 15) is 4.79 Å². The van der Waals surface area contributed by atoms with Gasteiger partial charge in [0.1, 0.15) is 0 Å². The van der Waals surface area contributed by atoms with Crippen molar-refractivity contribution >= 4 is 16.6 Å². The molecule has 2 unspecified atom stereocenters. The number of fused-ring (bicyclic) bond motifs is 4. The van der Waals surface area contributed by atoms with E-state index in [1.807, 2.05) is 62.6 Å². The van der Waals surface area contributed by atoms with Crippen LogP contribution in [0.25, 0.3) is 50.5 Å². The van der Waals surface area contributed by atoms with Crippen LogP contribution in [0.2, 0.25) is 0 Å². The first-order valence-corrected chi connectivity index (χ1v) is 18.7. The summed E-state index contributed by atoms with van der Waals surface area (Å²) in [6.45, 7) is 0. The number of allylic oxidation sites excluding steroid dienone is 4. The lowest BCUT2D eigenvalue weighted by molar-refractivity contribution is 0.462. The van der Waals surface area contributed by atoms with Gasteiger partial charge in [0.25, 0.3) is 0 Å². The van der Waals surface area contributed by atoms with Crippen LogP contribution in [0.3, 0.4) is 0 Å². The van der Waals surface area contributed by atoms with Gasteiger partial charge in [-0.2, -0.15) is 0 Å². The molecule has 264 valence electrons. The zero-order valence-electron chi connectivity index (χ0n) is 30.5. The second-order valence-electron chi connectivity index (χ2n) is 14.5. The molecule has 10 rings (SSSR count). The maximum absolute atomic E-state index is 13.2. The Balaban J connectivity index is 1.25. The molecule has 2 aliphatic carbocycles. The Bertz CT molecular complexity index is 2760. The van der Waals surface area contributed by atoms with Gasteiger partial charge in [0.2, 0.25) is 0 Å². The molecule has 2 aliphatic rings. The molecule has 0 amide bonds. The standard InChI is InChI=1S/C49H37N5O/c1-53-42-28-16-25-37(44(42)54(2)48(53)55)34-29-30-38-41(31-34)49(35-21-11-5-12-22-35,36-23-13-6-14-24-36)40-27-15-26-39(43(38)40)47-51-45(32-17-7-3-8-18-32)50-46(52-47)33-19-9-4-10-20-33/h3-31,40,43H,1-2H3. The Morgan fingerprint density at radius 3 is 1.73 bits per heavy atom. The summed E-state index contributed by atoms with van der Waals surface area (Å²) in [5, 5.41) is 0. The minimum absolute atomic E-state index is 0.00320. The molecule has 8 aromatic rings. The molecule has 0 bridgehead atoms. The summed E-state index contributed by atoms with van der Waals surface area (Å²) in [6.07, 6.45) is 6.77. The van der Waals surface area contributed by atoms with Crippen LogP contribution in [0.4, 0.5) is 0 Å². The van der Waals surface area contributed by atoms with Gasteiger partial charge in [-0.05, 0) is 39.9 Å². The van der Waals surface area contributed by atoms with Crippen molar-refractivity contribution in [3.8, 4) is 33.9 Å². The lowest BCUT2D eigenvalue weighted by Crippen LogP contribution is -2.35. The number of hydrogen-bond acceptors (Lipinski definition) is 4. The summed E-state index contributed by atoms with van der Waals surface area (Å²) in [5.74, 6) is 1.88. The van der Waals surface area contributed by atoms with Gasteiger partial charge in [0.05, 0.1) is 16.4 Å². The van der Waals surface area contributed by atoms with Gasteiger partial charge in [-0.25, -0.2) is 19.7 Å². The van der Waals surface area contributed by atoms with E-state index < -0.39 is 5.41 Å². The number of aromatic nitrogens is 5. The minimum Gasteiger partial charge on any atom is -0.295 e. The fourth-order valence-electron chi connectivity index (χ4n) is 9.19. The molecule has 6 heteroatoms. The Labute approximate surface area is 319 Å². The molecule has 0 aliphatic heterocycles. The Hall–Kier alpha value is -6.92. The van der Waals surface area contributed by atoms with E-state index in [-0.39, 0.29) is 17.5 Å². The zero-order valence-corrected chi connectivity index (χ0v) is 30.5. The molecule has 6 nitrogen and oxygen atoms in total. The first-order chi connectivity index (χ1) is 27.0. The van der Waals surface area contributed by atoms with Gasteiger partial charge in [0, 0.05) is 48.2 Å². The summed E-state index contributed by atoms with van der Waals surface area (Å²) in [6, 6.07) is 55.2. The maximum atomic E-state index is 13.2. The summed E-state index contributed by atoms with van der Waals surface area (Å²) in [4.78, 5) is 28.7. The highest BCUT2D eigenvalue weighted by Gasteiger charge is 2.55. The van der Waals surface area contributed by atoms with Gasteiger partial charge >= 0.3 is 5.69 Å². The molecule has 0 saturated heterocycles. The highest BCUT2D eigenvalue weighted by molar-refractivity contribution is 5.93. The molecule has 2 atom stereocenters. The number of nitrogens with zero attached hydrogens (tertiary/aromatic N) is 5. The minimum atomic E-state index is -0.553. The van der Waals surface area contributed by atoms with E-state index in [0.29, 0.717) is 17.5 Å².